The molecule has 0 saturated heterocycles. The molecular weight excluding hydrogens is 251 g/mol. The minimum absolute atomic E-state index is 0.474. The van der Waals surface area contributed by atoms with Crippen LogP contribution in [0.25, 0.3) is 0 Å². The number of rotatable bonds is 8. The van der Waals surface area contributed by atoms with Crippen LogP contribution in [0, 0.1) is 21.8 Å². The van der Waals surface area contributed by atoms with Crippen molar-refractivity contribution in [2.75, 3.05) is 19.8 Å². The summed E-state index contributed by atoms with van der Waals surface area (Å²) in [4.78, 5) is 9.73. The molecule has 1 aromatic rings. The highest BCUT2D eigenvalue weighted by molar-refractivity contribution is 5.34. The first-order chi connectivity index (χ1) is 9.16. The largest absolute Gasteiger partial charge is 0.380 e. The van der Waals surface area contributed by atoms with E-state index in [1.807, 2.05) is 0 Å². The van der Waals surface area contributed by atoms with Crippen LogP contribution in [-0.4, -0.2) is 24.7 Å². The number of halogens is 1. The average molecular weight is 268 g/mol. The Kier molecular flexibility index (Phi) is 4.81. The monoisotopic (exact) mass is 268 g/mol. The fourth-order valence-electron chi connectivity index (χ4n) is 1.72. The smallest absolute Gasteiger partial charge is 0.304 e. The van der Waals surface area contributed by atoms with Crippen LogP contribution in [-0.2, 0) is 11.3 Å². The first-order valence-corrected chi connectivity index (χ1v) is 6.38. The number of hydrogen-bond donors (Lipinski definition) is 1. The first kappa shape index (κ1) is 13.9. The number of nitrogens with zero attached hydrogens (tertiary/aromatic N) is 1. The molecule has 19 heavy (non-hydrogen) atoms. The van der Waals surface area contributed by atoms with Crippen LogP contribution in [0.4, 0.5) is 10.1 Å². The van der Waals surface area contributed by atoms with Gasteiger partial charge in [0.25, 0.3) is 0 Å². The van der Waals surface area contributed by atoms with Crippen molar-refractivity contribution in [1.82, 2.24) is 5.32 Å². The van der Waals surface area contributed by atoms with E-state index in [0.29, 0.717) is 25.3 Å². The van der Waals surface area contributed by atoms with Crippen LogP contribution in [0.15, 0.2) is 18.2 Å². The highest BCUT2D eigenvalue weighted by Gasteiger charge is 2.20. The molecular formula is C13H17FN2O3. The standard InChI is InChI=1S/C13H17FN2O3/c14-12-7-11(3-4-13(12)16(17)18)8-15-5-6-19-9-10-1-2-10/h3-4,7,10,15H,1-2,5-6,8-9H2. The molecule has 104 valence electrons. The van der Waals surface area contributed by atoms with Crippen molar-refractivity contribution in [1.29, 1.82) is 0 Å². The summed E-state index contributed by atoms with van der Waals surface area (Å²) < 4.78 is 18.8. The SMILES string of the molecule is O=[N+]([O-])c1ccc(CNCCOCC2CC2)cc1F. The number of nitro benzene ring substituents is 1. The van der Waals surface area contributed by atoms with Crippen molar-refractivity contribution >= 4 is 5.69 Å². The highest BCUT2D eigenvalue weighted by atomic mass is 19.1. The molecule has 1 aliphatic rings. The van der Waals surface area contributed by atoms with Crippen molar-refractivity contribution in [2.24, 2.45) is 5.92 Å². The molecule has 1 saturated carbocycles. The number of ether oxygens (including phenoxy) is 1. The quantitative estimate of drug-likeness (QED) is 0.446. The third-order valence-electron chi connectivity index (χ3n) is 3.01. The summed E-state index contributed by atoms with van der Waals surface area (Å²) in [5.41, 5.74) is 0.196. The Labute approximate surface area is 110 Å². The molecule has 6 heteroatoms. The summed E-state index contributed by atoms with van der Waals surface area (Å²) in [7, 11) is 0. The van der Waals surface area contributed by atoms with Gasteiger partial charge >= 0.3 is 5.69 Å². The van der Waals surface area contributed by atoms with Gasteiger partial charge in [0.05, 0.1) is 11.5 Å². The van der Waals surface area contributed by atoms with E-state index in [2.05, 4.69) is 5.32 Å². The lowest BCUT2D eigenvalue weighted by Crippen LogP contribution is -2.19. The zero-order valence-corrected chi connectivity index (χ0v) is 10.6. The molecule has 1 N–H and O–H groups in total. The third-order valence-corrected chi connectivity index (χ3v) is 3.01. The van der Waals surface area contributed by atoms with E-state index in [9.17, 15) is 14.5 Å². The molecule has 0 amide bonds. The van der Waals surface area contributed by atoms with Crippen LogP contribution < -0.4 is 5.32 Å². The third kappa shape index (κ3) is 4.57. The van der Waals surface area contributed by atoms with Crippen molar-refractivity contribution in [3.8, 4) is 0 Å². The van der Waals surface area contributed by atoms with Gasteiger partial charge in [0.15, 0.2) is 0 Å². The van der Waals surface area contributed by atoms with Crippen LogP contribution >= 0.6 is 0 Å². The van der Waals surface area contributed by atoms with Gasteiger partial charge in [-0.1, -0.05) is 6.07 Å². The van der Waals surface area contributed by atoms with E-state index >= 15 is 0 Å². The number of nitrogens with one attached hydrogen (secondary N) is 1. The van der Waals surface area contributed by atoms with Gasteiger partial charge in [0.2, 0.25) is 5.82 Å². The Morgan fingerprint density at radius 1 is 1.47 bits per heavy atom. The van der Waals surface area contributed by atoms with Crippen molar-refractivity contribution in [3.05, 3.63) is 39.7 Å². The van der Waals surface area contributed by atoms with Gasteiger partial charge < -0.3 is 10.1 Å². The molecule has 0 radical (unpaired) electrons. The summed E-state index contributed by atoms with van der Waals surface area (Å²) >= 11 is 0. The van der Waals surface area contributed by atoms with Crippen molar-refractivity contribution < 1.29 is 14.1 Å². The minimum atomic E-state index is -0.797. The Balaban J connectivity index is 1.67. The topological polar surface area (TPSA) is 64.4 Å². The van der Waals surface area contributed by atoms with E-state index in [4.69, 9.17) is 4.74 Å². The molecule has 0 unspecified atom stereocenters. The maximum absolute atomic E-state index is 13.3. The summed E-state index contributed by atoms with van der Waals surface area (Å²) in [5, 5.41) is 13.6. The Morgan fingerprint density at radius 3 is 2.89 bits per heavy atom. The lowest BCUT2D eigenvalue weighted by atomic mass is 10.2. The molecule has 5 nitrogen and oxygen atoms in total. The fraction of sp³-hybridized carbons (Fsp3) is 0.538. The molecule has 1 aliphatic carbocycles. The first-order valence-electron chi connectivity index (χ1n) is 6.38. The normalized spacial score (nSPS) is 14.6. The number of nitro groups is 1. The second kappa shape index (κ2) is 6.58. The Morgan fingerprint density at radius 2 is 2.26 bits per heavy atom. The molecule has 0 heterocycles. The molecule has 0 bridgehead atoms. The summed E-state index contributed by atoms with van der Waals surface area (Å²) in [6, 6.07) is 3.94. The van der Waals surface area contributed by atoms with Gasteiger partial charge in [-0.25, -0.2) is 0 Å². The zero-order valence-electron chi connectivity index (χ0n) is 10.6. The van der Waals surface area contributed by atoms with Gasteiger partial charge in [-0.3, -0.25) is 10.1 Å². The van der Waals surface area contributed by atoms with E-state index < -0.39 is 16.4 Å². The second-order valence-electron chi connectivity index (χ2n) is 4.74. The minimum Gasteiger partial charge on any atom is -0.380 e. The van der Waals surface area contributed by atoms with Crippen molar-refractivity contribution in [2.45, 2.75) is 19.4 Å². The van der Waals surface area contributed by atoms with Gasteiger partial charge in [-0.15, -0.1) is 0 Å². The van der Waals surface area contributed by atoms with Crippen LogP contribution in [0.3, 0.4) is 0 Å². The van der Waals surface area contributed by atoms with Crippen molar-refractivity contribution in [3.63, 3.8) is 0 Å². The molecule has 1 aromatic carbocycles. The van der Waals surface area contributed by atoms with E-state index in [1.165, 1.54) is 25.0 Å². The summed E-state index contributed by atoms with van der Waals surface area (Å²) in [6.45, 7) is 2.62. The van der Waals surface area contributed by atoms with Crippen LogP contribution in [0.2, 0.25) is 0 Å². The maximum atomic E-state index is 13.3. The molecule has 0 atom stereocenters. The highest BCUT2D eigenvalue weighted by Crippen LogP contribution is 2.28. The Hall–Kier alpha value is -1.53. The fourth-order valence-corrected chi connectivity index (χ4v) is 1.72. The van der Waals surface area contributed by atoms with Crippen LogP contribution in [0.1, 0.15) is 18.4 Å². The molecule has 1 fully saturated rings. The molecule has 0 spiro atoms. The van der Waals surface area contributed by atoms with E-state index in [1.54, 1.807) is 6.07 Å². The Bertz CT molecular complexity index is 450. The summed E-state index contributed by atoms with van der Waals surface area (Å²) in [5.74, 6) is -0.0435. The molecule has 0 aliphatic heterocycles. The van der Waals surface area contributed by atoms with E-state index in [-0.39, 0.29) is 0 Å². The number of hydrogen-bond acceptors (Lipinski definition) is 4. The van der Waals surface area contributed by atoms with Gasteiger partial charge in [0.1, 0.15) is 0 Å². The predicted molar refractivity (Wildman–Crippen MR) is 68.3 cm³/mol. The van der Waals surface area contributed by atoms with Gasteiger partial charge in [-0.2, -0.15) is 4.39 Å². The molecule has 2 rings (SSSR count). The van der Waals surface area contributed by atoms with Gasteiger partial charge in [-0.05, 0) is 30.4 Å². The molecule has 0 aromatic heterocycles. The summed E-state index contributed by atoms with van der Waals surface area (Å²) in [6.07, 6.45) is 2.55. The van der Waals surface area contributed by atoms with Gasteiger partial charge in [0, 0.05) is 25.8 Å². The predicted octanol–water partition coefficient (Wildman–Crippen LogP) is 2.25. The second-order valence-corrected chi connectivity index (χ2v) is 4.74. The average Bonchev–Trinajstić information content (AvgIpc) is 3.17. The number of benzene rings is 1. The lowest BCUT2D eigenvalue weighted by Gasteiger charge is -2.06. The zero-order chi connectivity index (χ0) is 13.7. The lowest BCUT2D eigenvalue weighted by molar-refractivity contribution is -0.387. The maximum Gasteiger partial charge on any atom is 0.304 e. The van der Waals surface area contributed by atoms with E-state index in [0.717, 1.165) is 12.5 Å². The van der Waals surface area contributed by atoms with Crippen LogP contribution in [0.5, 0.6) is 0 Å².